The Hall–Kier alpha value is -3.35. The molecule has 1 aromatic heterocycles. The van der Waals surface area contributed by atoms with E-state index in [2.05, 4.69) is 20.5 Å². The Morgan fingerprint density at radius 2 is 1.83 bits per heavy atom. The minimum atomic E-state index is 0.00888. The molecule has 0 unspecified atom stereocenters. The third-order valence-corrected chi connectivity index (χ3v) is 5.14. The van der Waals surface area contributed by atoms with Crippen molar-refractivity contribution < 1.29 is 9.84 Å². The summed E-state index contributed by atoms with van der Waals surface area (Å²) in [6.07, 6.45) is 1.49. The van der Waals surface area contributed by atoms with Gasteiger partial charge in [-0.3, -0.25) is 5.43 Å². The summed E-state index contributed by atoms with van der Waals surface area (Å²) in [5.74, 6) is 1.37. The van der Waals surface area contributed by atoms with Crippen molar-refractivity contribution in [1.82, 2.24) is 9.97 Å². The zero-order valence-electron chi connectivity index (χ0n) is 15.8. The van der Waals surface area contributed by atoms with Crippen molar-refractivity contribution in [3.63, 3.8) is 0 Å². The number of benzene rings is 3. The standard InChI is InChI=1S/C22H16Cl2N4O2/c1-30-19-8-4-5-14(20(19)29)12-25-28-22-15-6-2-3-7-18(15)26-21(27-22)13-9-10-16(23)17(24)11-13/h2-12,29H,1H3,(H,26,27,28). The maximum atomic E-state index is 10.2. The van der Waals surface area contributed by atoms with Crippen LogP contribution in [0.15, 0.2) is 65.8 Å². The molecular formula is C22H16Cl2N4O2. The fourth-order valence-corrected chi connectivity index (χ4v) is 3.20. The number of phenolic OH excluding ortho intramolecular Hbond substituents is 1. The Morgan fingerprint density at radius 3 is 2.63 bits per heavy atom. The second kappa shape index (κ2) is 8.57. The van der Waals surface area contributed by atoms with Crippen molar-refractivity contribution in [2.45, 2.75) is 0 Å². The highest BCUT2D eigenvalue weighted by Gasteiger charge is 2.11. The zero-order chi connectivity index (χ0) is 21.1. The summed E-state index contributed by atoms with van der Waals surface area (Å²) in [5, 5.41) is 16.1. The van der Waals surface area contributed by atoms with Crippen molar-refractivity contribution >= 4 is 46.1 Å². The molecule has 150 valence electrons. The van der Waals surface area contributed by atoms with Crippen molar-refractivity contribution in [2.75, 3.05) is 12.5 Å². The molecule has 0 amide bonds. The zero-order valence-corrected chi connectivity index (χ0v) is 17.3. The lowest BCUT2D eigenvalue weighted by Crippen LogP contribution is -1.99. The maximum Gasteiger partial charge on any atom is 0.166 e. The average Bonchev–Trinajstić information content (AvgIpc) is 2.76. The van der Waals surface area contributed by atoms with Crippen LogP contribution < -0.4 is 10.2 Å². The number of para-hydroxylation sites is 2. The second-order valence-electron chi connectivity index (χ2n) is 6.31. The number of anilines is 1. The van der Waals surface area contributed by atoms with Crippen LogP contribution >= 0.6 is 23.2 Å². The third kappa shape index (κ3) is 4.01. The van der Waals surface area contributed by atoms with Gasteiger partial charge >= 0.3 is 0 Å². The van der Waals surface area contributed by atoms with E-state index >= 15 is 0 Å². The summed E-state index contributed by atoms with van der Waals surface area (Å²) < 4.78 is 5.12. The summed E-state index contributed by atoms with van der Waals surface area (Å²) >= 11 is 12.2. The molecule has 0 fully saturated rings. The number of phenols is 1. The molecule has 0 radical (unpaired) electrons. The molecule has 8 heteroatoms. The molecular weight excluding hydrogens is 423 g/mol. The molecule has 4 aromatic rings. The highest BCUT2D eigenvalue weighted by atomic mass is 35.5. The van der Waals surface area contributed by atoms with Gasteiger partial charge in [0.25, 0.3) is 0 Å². The third-order valence-electron chi connectivity index (χ3n) is 4.41. The molecule has 6 nitrogen and oxygen atoms in total. The smallest absolute Gasteiger partial charge is 0.166 e. The van der Waals surface area contributed by atoms with E-state index in [-0.39, 0.29) is 5.75 Å². The van der Waals surface area contributed by atoms with Gasteiger partial charge in [-0.25, -0.2) is 9.97 Å². The van der Waals surface area contributed by atoms with Crippen LogP contribution in [-0.4, -0.2) is 28.4 Å². The Balaban J connectivity index is 1.72. The van der Waals surface area contributed by atoms with Crippen LogP contribution in [0.25, 0.3) is 22.3 Å². The van der Waals surface area contributed by atoms with Gasteiger partial charge in [0.05, 0.1) is 28.9 Å². The van der Waals surface area contributed by atoms with Gasteiger partial charge in [0.2, 0.25) is 0 Å². The van der Waals surface area contributed by atoms with E-state index < -0.39 is 0 Å². The Morgan fingerprint density at radius 1 is 1.00 bits per heavy atom. The topological polar surface area (TPSA) is 79.6 Å². The maximum absolute atomic E-state index is 10.2. The highest BCUT2D eigenvalue weighted by molar-refractivity contribution is 6.42. The summed E-state index contributed by atoms with van der Waals surface area (Å²) in [6, 6.07) is 18.0. The van der Waals surface area contributed by atoms with E-state index in [1.165, 1.54) is 13.3 Å². The number of nitrogens with zero attached hydrogens (tertiary/aromatic N) is 3. The minimum Gasteiger partial charge on any atom is -0.504 e. The van der Waals surface area contributed by atoms with Crippen LogP contribution in [0.1, 0.15) is 5.56 Å². The SMILES string of the molecule is COc1cccc(C=NNc2nc(-c3ccc(Cl)c(Cl)c3)nc3ccccc23)c1O. The number of ether oxygens (including phenoxy) is 1. The van der Waals surface area contributed by atoms with Crippen LogP contribution in [0.3, 0.4) is 0 Å². The van der Waals surface area contributed by atoms with E-state index in [4.69, 9.17) is 27.9 Å². The number of halogens is 2. The van der Waals surface area contributed by atoms with Gasteiger partial charge in [0.1, 0.15) is 0 Å². The molecule has 3 aromatic carbocycles. The molecule has 0 atom stereocenters. The number of rotatable bonds is 5. The normalized spacial score (nSPS) is 11.2. The largest absolute Gasteiger partial charge is 0.504 e. The second-order valence-corrected chi connectivity index (χ2v) is 7.12. The Bertz CT molecular complexity index is 1260. The first-order valence-electron chi connectivity index (χ1n) is 8.94. The molecule has 2 N–H and O–H groups in total. The number of hydrogen-bond donors (Lipinski definition) is 2. The Labute approximate surface area is 182 Å². The molecule has 0 saturated carbocycles. The van der Waals surface area contributed by atoms with Crippen LogP contribution in [0.2, 0.25) is 10.0 Å². The molecule has 0 aliphatic carbocycles. The first-order valence-corrected chi connectivity index (χ1v) is 9.69. The predicted molar refractivity (Wildman–Crippen MR) is 121 cm³/mol. The van der Waals surface area contributed by atoms with Gasteiger partial charge in [-0.2, -0.15) is 5.10 Å². The van der Waals surface area contributed by atoms with Crippen LogP contribution in [-0.2, 0) is 0 Å². The lowest BCUT2D eigenvalue weighted by Gasteiger charge is -2.09. The summed E-state index contributed by atoms with van der Waals surface area (Å²) in [7, 11) is 1.49. The molecule has 4 rings (SSSR count). The van der Waals surface area contributed by atoms with Crippen molar-refractivity contribution in [3.8, 4) is 22.9 Å². The summed E-state index contributed by atoms with van der Waals surface area (Å²) in [6.45, 7) is 0. The van der Waals surface area contributed by atoms with Crippen LogP contribution in [0.5, 0.6) is 11.5 Å². The monoisotopic (exact) mass is 438 g/mol. The van der Waals surface area contributed by atoms with Gasteiger partial charge in [0.15, 0.2) is 23.1 Å². The van der Waals surface area contributed by atoms with E-state index in [0.29, 0.717) is 33.0 Å². The van der Waals surface area contributed by atoms with Gasteiger partial charge in [0, 0.05) is 16.5 Å². The van der Waals surface area contributed by atoms with Gasteiger partial charge < -0.3 is 9.84 Å². The molecule has 0 bridgehead atoms. The van der Waals surface area contributed by atoms with E-state index in [1.54, 1.807) is 36.4 Å². The molecule has 0 saturated heterocycles. The number of nitrogens with one attached hydrogen (secondary N) is 1. The van der Waals surface area contributed by atoms with Crippen LogP contribution in [0, 0.1) is 0 Å². The Kier molecular flexibility index (Phi) is 5.70. The number of aromatic nitrogens is 2. The number of aromatic hydroxyl groups is 1. The number of methoxy groups -OCH3 is 1. The lowest BCUT2D eigenvalue weighted by atomic mass is 10.2. The van der Waals surface area contributed by atoms with E-state index in [9.17, 15) is 5.11 Å². The molecule has 1 heterocycles. The molecule has 0 aliphatic rings. The molecule has 0 aliphatic heterocycles. The van der Waals surface area contributed by atoms with Crippen molar-refractivity contribution in [1.29, 1.82) is 0 Å². The quantitative estimate of drug-likeness (QED) is 0.305. The summed E-state index contributed by atoms with van der Waals surface area (Å²) in [4.78, 5) is 9.22. The van der Waals surface area contributed by atoms with Gasteiger partial charge in [-0.1, -0.05) is 41.4 Å². The van der Waals surface area contributed by atoms with Gasteiger partial charge in [-0.15, -0.1) is 0 Å². The van der Waals surface area contributed by atoms with Gasteiger partial charge in [-0.05, 0) is 42.5 Å². The molecule has 30 heavy (non-hydrogen) atoms. The van der Waals surface area contributed by atoms with Crippen molar-refractivity contribution in [3.05, 3.63) is 76.3 Å². The molecule has 0 spiro atoms. The minimum absolute atomic E-state index is 0.00888. The van der Waals surface area contributed by atoms with E-state index in [1.807, 2.05) is 24.3 Å². The highest BCUT2D eigenvalue weighted by Crippen LogP contribution is 2.30. The average molecular weight is 439 g/mol. The van der Waals surface area contributed by atoms with Crippen LogP contribution in [0.4, 0.5) is 5.82 Å². The fourth-order valence-electron chi connectivity index (χ4n) is 2.90. The lowest BCUT2D eigenvalue weighted by molar-refractivity contribution is 0.373. The fraction of sp³-hybridized carbons (Fsp3) is 0.0455. The van der Waals surface area contributed by atoms with Crippen molar-refractivity contribution in [2.24, 2.45) is 5.10 Å². The predicted octanol–water partition coefficient (Wildman–Crippen LogP) is 5.76. The number of hydrazone groups is 1. The first-order chi connectivity index (χ1) is 14.6. The first kappa shape index (κ1) is 19.9. The number of fused-ring (bicyclic) bond motifs is 1. The summed E-state index contributed by atoms with van der Waals surface area (Å²) in [5.41, 5.74) is 4.92. The number of hydrogen-bond acceptors (Lipinski definition) is 6. The van der Waals surface area contributed by atoms with E-state index in [0.717, 1.165) is 16.5 Å².